The van der Waals surface area contributed by atoms with Gasteiger partial charge in [-0.15, -0.1) is 10.2 Å². The smallest absolute Gasteiger partial charge is 0.259 e. The molecule has 0 atom stereocenters. The van der Waals surface area contributed by atoms with E-state index in [1.54, 1.807) is 22.2 Å². The van der Waals surface area contributed by atoms with Crippen molar-refractivity contribution in [3.8, 4) is 0 Å². The summed E-state index contributed by atoms with van der Waals surface area (Å²) in [6.07, 6.45) is 0. The summed E-state index contributed by atoms with van der Waals surface area (Å²) in [5.41, 5.74) is 1.63. The molecule has 0 bridgehead atoms. The maximum Gasteiger partial charge on any atom is 0.259 e. The largest absolute Gasteiger partial charge is 0.360 e. The average molecular weight is 376 g/mol. The minimum absolute atomic E-state index is 0.0429. The fourth-order valence-electron chi connectivity index (χ4n) is 2.32. The van der Waals surface area contributed by atoms with Gasteiger partial charge < -0.3 is 5.32 Å². The van der Waals surface area contributed by atoms with Gasteiger partial charge in [0.2, 0.25) is 5.13 Å². The van der Waals surface area contributed by atoms with Crippen LogP contribution in [0.2, 0.25) is 0 Å². The molecule has 4 aromatic rings. The number of nitrogens with zero attached hydrogens (tertiary/aromatic N) is 4. The van der Waals surface area contributed by atoms with Crippen molar-refractivity contribution in [2.45, 2.75) is 17.0 Å². The third-order valence-electron chi connectivity index (χ3n) is 3.33. The lowest BCUT2D eigenvalue weighted by Crippen LogP contribution is -2.13. The van der Waals surface area contributed by atoms with E-state index in [2.05, 4.69) is 20.5 Å². The number of thiazole rings is 1. The van der Waals surface area contributed by atoms with Crippen LogP contribution in [0, 0.1) is 0 Å². The highest BCUT2D eigenvalue weighted by Crippen LogP contribution is 2.28. The molecule has 6 nitrogen and oxygen atoms in total. The molecule has 0 unspecified atom stereocenters. The summed E-state index contributed by atoms with van der Waals surface area (Å²) in [6.45, 7) is 2.84. The molecule has 1 aromatic carbocycles. The Kier molecular flexibility index (Phi) is 4.21. The number of fused-ring (bicyclic) bond motifs is 3. The molecule has 0 saturated heterocycles. The molecular weight excluding hydrogens is 362 g/mol. The highest BCUT2D eigenvalue weighted by Gasteiger charge is 2.10. The van der Waals surface area contributed by atoms with E-state index >= 15 is 0 Å². The Hall–Kier alpha value is -1.97. The first-order chi connectivity index (χ1) is 11.7. The van der Waals surface area contributed by atoms with Crippen LogP contribution >= 0.6 is 34.4 Å². The Morgan fingerprint density at radius 1 is 1.25 bits per heavy atom. The number of aromatic nitrogens is 4. The Bertz CT molecular complexity index is 1070. The fraction of sp³-hybridized carbons (Fsp3) is 0.200. The molecule has 9 heteroatoms. The normalized spacial score (nSPS) is 11.4. The molecule has 0 amide bonds. The van der Waals surface area contributed by atoms with E-state index in [0.717, 1.165) is 36.9 Å². The molecule has 122 valence electrons. The number of nitrogens with one attached hydrogen (secondary N) is 1. The number of benzene rings is 1. The SMILES string of the molecule is CCNc1nnc(SCc2cc(=O)n3c(n2)sc2ccccc23)s1. The van der Waals surface area contributed by atoms with E-state index in [-0.39, 0.29) is 5.56 Å². The maximum absolute atomic E-state index is 12.5. The highest BCUT2D eigenvalue weighted by atomic mass is 32.2. The molecule has 24 heavy (non-hydrogen) atoms. The zero-order chi connectivity index (χ0) is 16.5. The Labute approximate surface area is 149 Å². The van der Waals surface area contributed by atoms with Crippen molar-refractivity contribution in [2.24, 2.45) is 0 Å². The third kappa shape index (κ3) is 2.90. The van der Waals surface area contributed by atoms with Crippen LogP contribution in [0.1, 0.15) is 12.6 Å². The molecule has 4 rings (SSSR count). The Morgan fingerprint density at radius 3 is 3.00 bits per heavy atom. The molecule has 0 fully saturated rings. The topological polar surface area (TPSA) is 72.2 Å². The second kappa shape index (κ2) is 6.50. The van der Waals surface area contributed by atoms with Crippen molar-refractivity contribution < 1.29 is 0 Å². The van der Waals surface area contributed by atoms with E-state index in [1.165, 1.54) is 22.7 Å². The predicted octanol–water partition coefficient (Wildman–Crippen LogP) is 3.48. The lowest BCUT2D eigenvalue weighted by Gasteiger charge is -1.99. The van der Waals surface area contributed by atoms with Crippen LogP contribution in [0.5, 0.6) is 0 Å². The van der Waals surface area contributed by atoms with Crippen molar-refractivity contribution in [3.05, 3.63) is 46.4 Å². The van der Waals surface area contributed by atoms with Crippen LogP contribution in [-0.2, 0) is 5.75 Å². The minimum atomic E-state index is -0.0429. The third-order valence-corrected chi connectivity index (χ3v) is 6.40. The lowest BCUT2D eigenvalue weighted by molar-refractivity contribution is 0.999. The molecule has 0 aliphatic rings. The molecule has 0 aliphatic heterocycles. The molecular formula is C15H13N5OS3. The first kappa shape index (κ1) is 15.6. The van der Waals surface area contributed by atoms with Gasteiger partial charge in [-0.3, -0.25) is 9.20 Å². The van der Waals surface area contributed by atoms with E-state index in [4.69, 9.17) is 0 Å². The van der Waals surface area contributed by atoms with Gasteiger partial charge in [0.15, 0.2) is 9.30 Å². The van der Waals surface area contributed by atoms with Gasteiger partial charge in [0.05, 0.1) is 15.9 Å². The van der Waals surface area contributed by atoms with Crippen molar-refractivity contribution in [3.63, 3.8) is 0 Å². The number of thioether (sulfide) groups is 1. The summed E-state index contributed by atoms with van der Waals surface area (Å²) in [7, 11) is 0. The van der Waals surface area contributed by atoms with Crippen molar-refractivity contribution in [1.29, 1.82) is 0 Å². The standard InChI is InChI=1S/C15H13N5OS3/c1-2-16-13-18-19-15(24-13)22-8-9-7-12(21)20-10-5-3-4-6-11(10)23-14(20)17-9/h3-7H,2,8H2,1H3,(H,16,18). The van der Waals surface area contributed by atoms with Crippen molar-refractivity contribution >= 4 is 54.7 Å². The van der Waals surface area contributed by atoms with Gasteiger partial charge in [0.25, 0.3) is 5.56 Å². The van der Waals surface area contributed by atoms with Gasteiger partial charge in [-0.05, 0) is 19.1 Å². The quantitative estimate of drug-likeness (QED) is 0.539. The van der Waals surface area contributed by atoms with E-state index in [1.807, 2.05) is 31.2 Å². The second-order valence-corrected chi connectivity index (χ2v) is 8.17. The minimum Gasteiger partial charge on any atom is -0.360 e. The lowest BCUT2D eigenvalue weighted by atomic mass is 10.3. The summed E-state index contributed by atoms with van der Waals surface area (Å²) >= 11 is 4.58. The summed E-state index contributed by atoms with van der Waals surface area (Å²) in [4.78, 5) is 17.8. The van der Waals surface area contributed by atoms with Gasteiger partial charge in [0.1, 0.15) is 0 Å². The van der Waals surface area contributed by atoms with E-state index < -0.39 is 0 Å². The van der Waals surface area contributed by atoms with Crippen molar-refractivity contribution in [1.82, 2.24) is 19.6 Å². The van der Waals surface area contributed by atoms with Crippen LogP contribution < -0.4 is 10.9 Å². The predicted molar refractivity (Wildman–Crippen MR) is 100 cm³/mol. The second-order valence-electron chi connectivity index (χ2n) is 4.97. The molecule has 0 spiro atoms. The first-order valence-corrected chi connectivity index (χ1v) is 9.97. The number of hydrogen-bond acceptors (Lipinski definition) is 8. The van der Waals surface area contributed by atoms with Gasteiger partial charge in [-0.2, -0.15) is 0 Å². The van der Waals surface area contributed by atoms with Gasteiger partial charge in [-0.1, -0.05) is 46.6 Å². The van der Waals surface area contributed by atoms with E-state index in [0.29, 0.717) is 5.75 Å². The summed E-state index contributed by atoms with van der Waals surface area (Å²) in [5, 5.41) is 12.1. The molecule has 3 heterocycles. The Balaban J connectivity index is 1.62. The van der Waals surface area contributed by atoms with Crippen molar-refractivity contribution in [2.75, 3.05) is 11.9 Å². The van der Waals surface area contributed by atoms with Gasteiger partial charge >= 0.3 is 0 Å². The molecule has 0 saturated carbocycles. The van der Waals surface area contributed by atoms with Gasteiger partial charge in [0, 0.05) is 18.4 Å². The average Bonchev–Trinajstić information content (AvgIpc) is 3.17. The summed E-state index contributed by atoms with van der Waals surface area (Å²) in [5.74, 6) is 0.598. The zero-order valence-electron chi connectivity index (χ0n) is 12.7. The van der Waals surface area contributed by atoms with E-state index in [9.17, 15) is 4.79 Å². The zero-order valence-corrected chi connectivity index (χ0v) is 15.2. The van der Waals surface area contributed by atoms with Crippen LogP contribution in [0.15, 0.2) is 39.5 Å². The summed E-state index contributed by atoms with van der Waals surface area (Å²) < 4.78 is 3.60. The molecule has 0 radical (unpaired) electrons. The van der Waals surface area contributed by atoms with Crippen LogP contribution in [0.3, 0.4) is 0 Å². The van der Waals surface area contributed by atoms with Crippen LogP contribution in [0.25, 0.3) is 15.2 Å². The number of anilines is 1. The number of rotatable bonds is 5. The number of para-hydroxylation sites is 1. The Morgan fingerprint density at radius 2 is 2.12 bits per heavy atom. The van der Waals surface area contributed by atoms with Crippen LogP contribution in [-0.4, -0.2) is 26.1 Å². The highest BCUT2D eigenvalue weighted by molar-refractivity contribution is 8.00. The molecule has 1 N–H and O–H groups in total. The molecule has 0 aliphatic carbocycles. The first-order valence-electron chi connectivity index (χ1n) is 7.35. The number of hydrogen-bond donors (Lipinski definition) is 1. The maximum atomic E-state index is 12.5. The summed E-state index contributed by atoms with van der Waals surface area (Å²) in [6, 6.07) is 9.45. The van der Waals surface area contributed by atoms with Crippen LogP contribution in [0.4, 0.5) is 5.13 Å². The monoisotopic (exact) mass is 375 g/mol. The molecule has 3 aromatic heterocycles. The fourth-order valence-corrected chi connectivity index (χ4v) is 5.09. The van der Waals surface area contributed by atoms with Gasteiger partial charge in [-0.25, -0.2) is 4.98 Å².